The molecule has 2 rings (SSSR count). The number of fused-ring (bicyclic) bond motifs is 1. The van der Waals surface area contributed by atoms with Crippen LogP contribution in [-0.4, -0.2) is 30.4 Å². The number of nitrogens with one attached hydrogen (secondary N) is 2. The van der Waals surface area contributed by atoms with Gasteiger partial charge >= 0.3 is 6.09 Å². The molecule has 0 saturated heterocycles. The van der Waals surface area contributed by atoms with Crippen molar-refractivity contribution in [3.63, 3.8) is 0 Å². The third kappa shape index (κ3) is 4.28. The summed E-state index contributed by atoms with van der Waals surface area (Å²) in [5, 5.41) is 14.8. The normalized spacial score (nSPS) is 17.2. The van der Waals surface area contributed by atoms with E-state index in [4.69, 9.17) is 17.3 Å². The van der Waals surface area contributed by atoms with Gasteiger partial charge in [0.05, 0.1) is 14.1 Å². The number of hydrogen-bond donors (Lipinski definition) is 3. The number of carbonyl (C=O) groups is 1. The fourth-order valence-electron chi connectivity index (χ4n) is 2.51. The lowest BCUT2D eigenvalue weighted by atomic mass is 10.0. The Labute approximate surface area is 132 Å². The highest BCUT2D eigenvalue weighted by molar-refractivity contribution is 7.80. The molecule has 0 radical (unpaired) electrons. The zero-order valence-corrected chi connectivity index (χ0v) is 14.5. The summed E-state index contributed by atoms with van der Waals surface area (Å²) in [5.74, 6) is 0. The molecular weight excluding hydrogens is 300 g/mol. The largest absolute Gasteiger partial charge is 0.465 e. The van der Waals surface area contributed by atoms with Crippen LogP contribution in [0.1, 0.15) is 29.2 Å². The highest BCUT2D eigenvalue weighted by atomic mass is 32.1. The zero-order valence-electron chi connectivity index (χ0n) is 12.7. The molecule has 1 atom stereocenters. The third-order valence-electron chi connectivity index (χ3n) is 3.56. The summed E-state index contributed by atoms with van der Waals surface area (Å²) in [6.45, 7) is 6.90. The third-order valence-corrected chi connectivity index (χ3v) is 5.18. The molecule has 0 spiro atoms. The molecule has 0 aromatic heterocycles. The Bertz CT molecular complexity index is 569. The lowest BCUT2D eigenvalue weighted by Crippen LogP contribution is -2.39. The van der Waals surface area contributed by atoms with Crippen molar-refractivity contribution in [1.29, 1.82) is 0 Å². The van der Waals surface area contributed by atoms with Crippen LogP contribution in [0.25, 0.3) is 0 Å². The van der Waals surface area contributed by atoms with E-state index in [0.29, 0.717) is 0 Å². The van der Waals surface area contributed by atoms with E-state index in [1.54, 1.807) is 0 Å². The summed E-state index contributed by atoms with van der Waals surface area (Å²) >= 11 is 5.46. The van der Waals surface area contributed by atoms with Crippen LogP contribution in [0, 0.1) is 0 Å². The fraction of sp³-hybridized carbons (Fsp3) is 0.467. The van der Waals surface area contributed by atoms with Gasteiger partial charge in [-0.1, -0.05) is 44.0 Å². The Kier molecular flexibility index (Phi) is 4.68. The SMILES string of the molecule is C[Si](C)(C)CNC(=S)c1ccc2c(c1)CCC2NC(=O)O. The van der Waals surface area contributed by atoms with Crippen molar-refractivity contribution in [1.82, 2.24) is 10.6 Å². The minimum absolute atomic E-state index is 0.0879. The first kappa shape index (κ1) is 16.0. The lowest BCUT2D eigenvalue weighted by Gasteiger charge is -2.18. The van der Waals surface area contributed by atoms with Gasteiger partial charge in [-0.3, -0.25) is 0 Å². The Balaban J connectivity index is 2.08. The van der Waals surface area contributed by atoms with Crippen LogP contribution in [0.5, 0.6) is 0 Å². The maximum absolute atomic E-state index is 10.8. The summed E-state index contributed by atoms with van der Waals surface area (Å²) in [7, 11) is -1.18. The molecule has 3 N–H and O–H groups in total. The highest BCUT2D eigenvalue weighted by Gasteiger charge is 2.24. The predicted molar refractivity (Wildman–Crippen MR) is 91.7 cm³/mol. The van der Waals surface area contributed by atoms with Crippen LogP contribution >= 0.6 is 12.2 Å². The summed E-state index contributed by atoms with van der Waals surface area (Å²) in [6, 6.07) is 5.99. The van der Waals surface area contributed by atoms with Crippen molar-refractivity contribution in [2.24, 2.45) is 0 Å². The molecule has 21 heavy (non-hydrogen) atoms. The Morgan fingerprint density at radius 3 is 2.76 bits per heavy atom. The molecule has 1 unspecified atom stereocenters. The van der Waals surface area contributed by atoms with Crippen molar-refractivity contribution in [3.05, 3.63) is 34.9 Å². The van der Waals surface area contributed by atoms with Crippen molar-refractivity contribution in [2.75, 3.05) is 6.17 Å². The molecule has 1 amide bonds. The van der Waals surface area contributed by atoms with Gasteiger partial charge in [-0.05, 0) is 30.0 Å². The van der Waals surface area contributed by atoms with Gasteiger partial charge in [0.25, 0.3) is 0 Å². The summed E-state index contributed by atoms with van der Waals surface area (Å²) < 4.78 is 0. The maximum Gasteiger partial charge on any atom is 0.405 e. The predicted octanol–water partition coefficient (Wildman–Crippen LogP) is 3.08. The molecule has 0 fully saturated rings. The van der Waals surface area contributed by atoms with Gasteiger partial charge < -0.3 is 15.7 Å². The first-order chi connectivity index (χ1) is 9.76. The van der Waals surface area contributed by atoms with Crippen molar-refractivity contribution < 1.29 is 9.90 Å². The number of carboxylic acid groups (broad SMARTS) is 1. The lowest BCUT2D eigenvalue weighted by molar-refractivity contribution is 0.190. The Morgan fingerprint density at radius 1 is 1.43 bits per heavy atom. The number of hydrogen-bond acceptors (Lipinski definition) is 2. The van der Waals surface area contributed by atoms with Crippen molar-refractivity contribution in [2.45, 2.75) is 38.5 Å². The minimum Gasteiger partial charge on any atom is -0.465 e. The minimum atomic E-state index is -1.18. The topological polar surface area (TPSA) is 61.4 Å². The van der Waals surface area contributed by atoms with Crippen LogP contribution in [-0.2, 0) is 6.42 Å². The second kappa shape index (κ2) is 6.15. The van der Waals surface area contributed by atoms with E-state index in [2.05, 4.69) is 36.3 Å². The average molecular weight is 323 g/mol. The molecule has 0 saturated carbocycles. The zero-order chi connectivity index (χ0) is 15.6. The number of rotatable bonds is 4. The number of benzene rings is 1. The van der Waals surface area contributed by atoms with Crippen molar-refractivity contribution in [3.8, 4) is 0 Å². The summed E-state index contributed by atoms with van der Waals surface area (Å²) in [5.41, 5.74) is 3.30. The second-order valence-electron chi connectivity index (χ2n) is 6.70. The first-order valence-electron chi connectivity index (χ1n) is 7.17. The standard InChI is InChI=1S/C15H22N2O2SSi/c1-21(2,3)9-16-14(20)11-4-6-12-10(8-11)5-7-13(12)17-15(18)19/h4,6,8,13,17H,5,7,9H2,1-3H3,(H,16,20)(H,18,19). The monoisotopic (exact) mass is 322 g/mol. The van der Waals surface area contributed by atoms with Crippen LogP contribution in [0.3, 0.4) is 0 Å². The average Bonchev–Trinajstić information content (AvgIpc) is 2.77. The van der Waals surface area contributed by atoms with E-state index in [0.717, 1.165) is 35.1 Å². The van der Waals surface area contributed by atoms with Gasteiger partial charge in [0.15, 0.2) is 0 Å². The Hall–Kier alpha value is -1.40. The molecular formula is C15H22N2O2SSi. The molecule has 0 heterocycles. The summed E-state index contributed by atoms with van der Waals surface area (Å²) in [4.78, 5) is 11.6. The molecule has 1 aromatic rings. The van der Waals surface area contributed by atoms with Gasteiger partial charge in [-0.2, -0.15) is 0 Å². The van der Waals surface area contributed by atoms with Crippen LogP contribution in [0.4, 0.5) is 4.79 Å². The van der Waals surface area contributed by atoms with Gasteiger partial charge in [-0.15, -0.1) is 0 Å². The first-order valence-corrected chi connectivity index (χ1v) is 11.3. The van der Waals surface area contributed by atoms with E-state index in [9.17, 15) is 4.79 Å². The number of amides is 1. The van der Waals surface area contributed by atoms with Crippen molar-refractivity contribution >= 4 is 31.4 Å². The van der Waals surface area contributed by atoms with E-state index >= 15 is 0 Å². The van der Waals surface area contributed by atoms with Crippen LogP contribution < -0.4 is 10.6 Å². The van der Waals surface area contributed by atoms with E-state index in [1.807, 2.05) is 12.1 Å². The van der Waals surface area contributed by atoms with Gasteiger partial charge in [0, 0.05) is 11.7 Å². The molecule has 1 aliphatic rings. The molecule has 1 aliphatic carbocycles. The highest BCUT2D eigenvalue weighted by Crippen LogP contribution is 2.31. The van der Waals surface area contributed by atoms with E-state index in [-0.39, 0.29) is 6.04 Å². The second-order valence-corrected chi connectivity index (χ2v) is 12.6. The molecule has 114 valence electrons. The quantitative estimate of drug-likeness (QED) is 0.589. The molecule has 4 nitrogen and oxygen atoms in total. The van der Waals surface area contributed by atoms with Gasteiger partial charge in [0.2, 0.25) is 0 Å². The number of thiocarbonyl (C=S) groups is 1. The Morgan fingerprint density at radius 2 is 2.14 bits per heavy atom. The van der Waals surface area contributed by atoms with Crippen LogP contribution in [0.15, 0.2) is 18.2 Å². The maximum atomic E-state index is 10.8. The molecule has 0 aliphatic heterocycles. The smallest absolute Gasteiger partial charge is 0.405 e. The molecule has 1 aromatic carbocycles. The number of aryl methyl sites for hydroxylation is 1. The fourth-order valence-corrected chi connectivity index (χ4v) is 3.54. The summed E-state index contributed by atoms with van der Waals surface area (Å²) in [6.07, 6.45) is 1.71. The molecule has 0 bridgehead atoms. The van der Waals surface area contributed by atoms with Gasteiger partial charge in [-0.25, -0.2) is 4.79 Å². The van der Waals surface area contributed by atoms with Crippen LogP contribution in [0.2, 0.25) is 19.6 Å². The molecule has 6 heteroatoms. The van der Waals surface area contributed by atoms with E-state index < -0.39 is 14.2 Å². The van der Waals surface area contributed by atoms with Gasteiger partial charge in [0.1, 0.15) is 4.99 Å². The van der Waals surface area contributed by atoms with E-state index in [1.165, 1.54) is 5.56 Å².